The second-order valence-electron chi connectivity index (χ2n) is 5.73. The monoisotopic (exact) mass is 373 g/mol. The van der Waals surface area contributed by atoms with E-state index in [0.717, 1.165) is 22.8 Å². The summed E-state index contributed by atoms with van der Waals surface area (Å²) in [7, 11) is -3.40. The highest BCUT2D eigenvalue weighted by atomic mass is 32.2. The Hall–Kier alpha value is -2.91. The predicted molar refractivity (Wildman–Crippen MR) is 103 cm³/mol. The van der Waals surface area contributed by atoms with E-state index in [2.05, 4.69) is 20.0 Å². The molecule has 0 saturated carbocycles. The molecule has 0 saturated heterocycles. The summed E-state index contributed by atoms with van der Waals surface area (Å²) in [6.45, 7) is 0.308. The SMILES string of the molecule is CS(=O)(=O)Nc1ccccc1-c1ccc2c(NCCO)nc(N)nc2c1. The minimum atomic E-state index is -3.40. The van der Waals surface area contributed by atoms with Crippen molar-refractivity contribution in [1.29, 1.82) is 0 Å². The highest BCUT2D eigenvalue weighted by molar-refractivity contribution is 7.92. The van der Waals surface area contributed by atoms with E-state index in [9.17, 15) is 8.42 Å². The lowest BCUT2D eigenvalue weighted by Crippen LogP contribution is -2.10. The molecule has 0 aliphatic carbocycles. The van der Waals surface area contributed by atoms with Crippen LogP contribution in [-0.2, 0) is 10.0 Å². The zero-order chi connectivity index (χ0) is 18.7. The summed E-state index contributed by atoms with van der Waals surface area (Å²) < 4.78 is 25.7. The number of benzene rings is 2. The lowest BCUT2D eigenvalue weighted by molar-refractivity contribution is 0.311. The first-order chi connectivity index (χ1) is 12.4. The van der Waals surface area contributed by atoms with Crippen LogP contribution in [0, 0.1) is 0 Å². The number of rotatable bonds is 6. The second kappa shape index (κ2) is 7.14. The lowest BCUT2D eigenvalue weighted by atomic mass is 10.0. The number of aliphatic hydroxyl groups is 1. The molecule has 0 aliphatic rings. The van der Waals surface area contributed by atoms with E-state index in [0.29, 0.717) is 23.6 Å². The van der Waals surface area contributed by atoms with Gasteiger partial charge in [-0.3, -0.25) is 4.72 Å². The van der Waals surface area contributed by atoms with E-state index in [4.69, 9.17) is 10.8 Å². The van der Waals surface area contributed by atoms with E-state index in [-0.39, 0.29) is 12.6 Å². The summed E-state index contributed by atoms with van der Waals surface area (Å²) in [4.78, 5) is 8.42. The molecule has 0 aliphatic heterocycles. The predicted octanol–water partition coefficient (Wildman–Crippen LogP) is 1.65. The molecule has 9 heteroatoms. The summed E-state index contributed by atoms with van der Waals surface area (Å²) in [5.41, 5.74) is 8.39. The quantitative estimate of drug-likeness (QED) is 0.517. The van der Waals surface area contributed by atoms with Gasteiger partial charge in [0.05, 0.1) is 24.1 Å². The van der Waals surface area contributed by atoms with Crippen LogP contribution in [0.25, 0.3) is 22.0 Å². The molecular formula is C17H19N5O3S. The van der Waals surface area contributed by atoms with Crippen LogP contribution in [0.3, 0.4) is 0 Å². The van der Waals surface area contributed by atoms with Crippen LogP contribution in [0.2, 0.25) is 0 Å². The van der Waals surface area contributed by atoms with Gasteiger partial charge in [-0.1, -0.05) is 24.3 Å². The van der Waals surface area contributed by atoms with Gasteiger partial charge in [-0.15, -0.1) is 0 Å². The number of aromatic nitrogens is 2. The van der Waals surface area contributed by atoms with Crippen LogP contribution in [0.1, 0.15) is 0 Å². The molecule has 136 valence electrons. The number of hydrogen-bond acceptors (Lipinski definition) is 7. The van der Waals surface area contributed by atoms with Crippen molar-refractivity contribution in [2.45, 2.75) is 0 Å². The Bertz CT molecular complexity index is 1050. The summed E-state index contributed by atoms with van der Waals surface area (Å²) in [5, 5.41) is 12.8. The van der Waals surface area contributed by atoms with Gasteiger partial charge >= 0.3 is 0 Å². The number of nitrogens with one attached hydrogen (secondary N) is 2. The van der Waals surface area contributed by atoms with E-state index >= 15 is 0 Å². The minimum absolute atomic E-state index is 0.0337. The van der Waals surface area contributed by atoms with Gasteiger partial charge in [0.25, 0.3) is 0 Å². The van der Waals surface area contributed by atoms with Gasteiger partial charge in [0.2, 0.25) is 16.0 Å². The number of para-hydroxylation sites is 1. The smallest absolute Gasteiger partial charge is 0.229 e. The van der Waals surface area contributed by atoms with Crippen molar-refractivity contribution >= 4 is 38.4 Å². The molecule has 0 amide bonds. The number of nitrogen functional groups attached to an aromatic ring is 1. The summed E-state index contributed by atoms with van der Waals surface area (Å²) in [6.07, 6.45) is 1.11. The Kier molecular flexibility index (Phi) is 4.92. The number of sulfonamides is 1. The summed E-state index contributed by atoms with van der Waals surface area (Å²) >= 11 is 0. The van der Waals surface area contributed by atoms with Gasteiger partial charge in [-0.25, -0.2) is 13.4 Å². The Morgan fingerprint density at radius 2 is 1.92 bits per heavy atom. The number of fused-ring (bicyclic) bond motifs is 1. The molecule has 3 aromatic rings. The molecule has 0 fully saturated rings. The van der Waals surface area contributed by atoms with Gasteiger partial charge in [-0.2, -0.15) is 4.98 Å². The lowest BCUT2D eigenvalue weighted by Gasteiger charge is -2.13. The Labute approximate surface area is 151 Å². The van der Waals surface area contributed by atoms with Crippen molar-refractivity contribution < 1.29 is 13.5 Å². The van der Waals surface area contributed by atoms with Gasteiger partial charge in [0, 0.05) is 17.5 Å². The van der Waals surface area contributed by atoms with E-state index in [1.807, 2.05) is 30.3 Å². The number of anilines is 3. The molecular weight excluding hydrogens is 354 g/mol. The molecule has 1 aromatic heterocycles. The van der Waals surface area contributed by atoms with Crippen molar-refractivity contribution in [3.05, 3.63) is 42.5 Å². The molecule has 2 aromatic carbocycles. The first kappa shape index (κ1) is 17.9. The van der Waals surface area contributed by atoms with Gasteiger partial charge in [0.1, 0.15) is 5.82 Å². The van der Waals surface area contributed by atoms with Crippen LogP contribution < -0.4 is 15.8 Å². The normalized spacial score (nSPS) is 11.5. The molecule has 0 radical (unpaired) electrons. The van der Waals surface area contributed by atoms with Gasteiger partial charge < -0.3 is 16.2 Å². The Morgan fingerprint density at radius 1 is 1.15 bits per heavy atom. The maximum atomic E-state index is 11.6. The second-order valence-corrected chi connectivity index (χ2v) is 7.48. The molecule has 8 nitrogen and oxygen atoms in total. The van der Waals surface area contributed by atoms with E-state index in [1.54, 1.807) is 12.1 Å². The number of nitrogens with zero attached hydrogens (tertiary/aromatic N) is 2. The molecule has 0 atom stereocenters. The third-order valence-corrected chi connectivity index (χ3v) is 4.24. The zero-order valence-electron chi connectivity index (χ0n) is 14.1. The fourth-order valence-corrected chi connectivity index (χ4v) is 3.23. The average Bonchev–Trinajstić information content (AvgIpc) is 2.58. The van der Waals surface area contributed by atoms with Crippen molar-refractivity contribution in [3.8, 4) is 11.1 Å². The molecule has 0 spiro atoms. The fraction of sp³-hybridized carbons (Fsp3) is 0.176. The maximum Gasteiger partial charge on any atom is 0.229 e. The van der Waals surface area contributed by atoms with Crippen LogP contribution in [-0.4, -0.2) is 42.9 Å². The third kappa shape index (κ3) is 4.01. The average molecular weight is 373 g/mol. The Morgan fingerprint density at radius 3 is 2.65 bits per heavy atom. The molecule has 3 rings (SSSR count). The van der Waals surface area contributed by atoms with Crippen LogP contribution >= 0.6 is 0 Å². The van der Waals surface area contributed by atoms with Crippen molar-refractivity contribution in [1.82, 2.24) is 9.97 Å². The highest BCUT2D eigenvalue weighted by Gasteiger charge is 2.12. The van der Waals surface area contributed by atoms with Crippen molar-refractivity contribution in [2.24, 2.45) is 0 Å². The van der Waals surface area contributed by atoms with Crippen LogP contribution in [0.15, 0.2) is 42.5 Å². The number of aliphatic hydroxyl groups excluding tert-OH is 1. The molecule has 5 N–H and O–H groups in total. The van der Waals surface area contributed by atoms with E-state index < -0.39 is 10.0 Å². The summed E-state index contributed by atoms with van der Waals surface area (Å²) in [6, 6.07) is 12.6. The minimum Gasteiger partial charge on any atom is -0.395 e. The number of nitrogens with two attached hydrogens (primary N) is 1. The van der Waals surface area contributed by atoms with Crippen molar-refractivity contribution in [2.75, 3.05) is 35.2 Å². The first-order valence-electron chi connectivity index (χ1n) is 7.86. The third-order valence-electron chi connectivity index (χ3n) is 3.65. The standard InChI is InChI=1S/C17H19N5O3S/c1-26(24,25)22-14-5-3-2-4-12(14)11-6-7-13-15(10-11)20-17(18)21-16(13)19-8-9-23/h2-7,10,22-23H,8-9H2,1H3,(H3,18,19,20,21). The van der Waals surface area contributed by atoms with Gasteiger partial charge in [-0.05, 0) is 23.8 Å². The first-order valence-corrected chi connectivity index (χ1v) is 9.76. The van der Waals surface area contributed by atoms with Crippen molar-refractivity contribution in [3.63, 3.8) is 0 Å². The highest BCUT2D eigenvalue weighted by Crippen LogP contribution is 2.32. The fourth-order valence-electron chi connectivity index (χ4n) is 2.65. The molecule has 1 heterocycles. The van der Waals surface area contributed by atoms with Crippen LogP contribution in [0.4, 0.5) is 17.5 Å². The molecule has 0 bridgehead atoms. The van der Waals surface area contributed by atoms with Gasteiger partial charge in [0.15, 0.2) is 0 Å². The number of hydrogen-bond donors (Lipinski definition) is 4. The van der Waals surface area contributed by atoms with E-state index in [1.165, 1.54) is 0 Å². The topological polar surface area (TPSA) is 130 Å². The maximum absolute atomic E-state index is 11.6. The molecule has 0 unspecified atom stereocenters. The van der Waals surface area contributed by atoms with Crippen LogP contribution in [0.5, 0.6) is 0 Å². The Balaban J connectivity index is 2.11. The molecule has 26 heavy (non-hydrogen) atoms. The summed E-state index contributed by atoms with van der Waals surface area (Å²) in [5.74, 6) is 0.647. The largest absolute Gasteiger partial charge is 0.395 e. The zero-order valence-corrected chi connectivity index (χ0v) is 14.9.